The summed E-state index contributed by atoms with van der Waals surface area (Å²) in [5.41, 5.74) is 7.84. The van der Waals surface area contributed by atoms with Gasteiger partial charge in [-0.25, -0.2) is 0 Å². The molecule has 0 aliphatic carbocycles. The molecule has 1 aromatic rings. The first-order chi connectivity index (χ1) is 9.54. The van der Waals surface area contributed by atoms with Gasteiger partial charge in [0.15, 0.2) is 0 Å². The third kappa shape index (κ3) is 5.87. The first kappa shape index (κ1) is 16.9. The van der Waals surface area contributed by atoms with Gasteiger partial charge in [-0.15, -0.1) is 11.8 Å². The lowest BCUT2D eigenvalue weighted by molar-refractivity contribution is -0.119. The summed E-state index contributed by atoms with van der Waals surface area (Å²) >= 11 is 1.50. The maximum Gasteiger partial charge on any atom is 0.230 e. The number of benzene rings is 1. The normalized spacial score (nSPS) is 12.2. The Morgan fingerprint density at radius 1 is 1.40 bits per heavy atom. The van der Waals surface area contributed by atoms with Crippen LogP contribution in [0, 0.1) is 6.92 Å². The summed E-state index contributed by atoms with van der Waals surface area (Å²) in [5, 5.41) is 3.04. The minimum Gasteiger partial charge on any atom is -0.398 e. The number of amides is 1. The van der Waals surface area contributed by atoms with Crippen LogP contribution in [0.2, 0.25) is 0 Å². The van der Waals surface area contributed by atoms with Crippen LogP contribution in [0.25, 0.3) is 0 Å². The highest BCUT2D eigenvalue weighted by Crippen LogP contribution is 2.27. The molecule has 0 radical (unpaired) electrons. The van der Waals surface area contributed by atoms with Gasteiger partial charge in [-0.2, -0.15) is 0 Å². The lowest BCUT2D eigenvalue weighted by atomic mass is 10.1. The molecule has 1 unspecified atom stereocenters. The lowest BCUT2D eigenvalue weighted by Crippen LogP contribution is -2.33. The molecule has 3 N–H and O–H groups in total. The second-order valence-electron chi connectivity index (χ2n) is 5.24. The van der Waals surface area contributed by atoms with Gasteiger partial charge >= 0.3 is 0 Å². The van der Waals surface area contributed by atoms with Gasteiger partial charge in [0.2, 0.25) is 5.91 Å². The smallest absolute Gasteiger partial charge is 0.230 e. The standard InChI is InChI=1S/C16H26N2OS/c1-4-5-6-9-13(3)18-15(19)11-20-14-10-7-8-12(2)16(14)17/h7-8,10,13H,4-6,9,11,17H2,1-3H3,(H,18,19). The van der Waals surface area contributed by atoms with Crippen molar-refractivity contribution < 1.29 is 4.79 Å². The number of nitrogen functional groups attached to an aromatic ring is 1. The molecule has 0 bridgehead atoms. The maximum atomic E-state index is 11.9. The van der Waals surface area contributed by atoms with E-state index in [1.165, 1.54) is 31.0 Å². The average molecular weight is 294 g/mol. The van der Waals surface area contributed by atoms with Crippen molar-refractivity contribution in [3.63, 3.8) is 0 Å². The third-order valence-electron chi connectivity index (χ3n) is 3.29. The second-order valence-corrected chi connectivity index (χ2v) is 6.26. The fourth-order valence-electron chi connectivity index (χ4n) is 2.01. The Morgan fingerprint density at radius 2 is 2.15 bits per heavy atom. The highest BCUT2D eigenvalue weighted by molar-refractivity contribution is 8.00. The summed E-state index contributed by atoms with van der Waals surface area (Å²) in [7, 11) is 0. The highest BCUT2D eigenvalue weighted by atomic mass is 32.2. The van der Waals surface area contributed by atoms with Crippen molar-refractivity contribution in [3.8, 4) is 0 Å². The molecule has 1 amide bonds. The summed E-state index contributed by atoms with van der Waals surface area (Å²) in [6, 6.07) is 6.17. The molecule has 0 aliphatic heterocycles. The summed E-state index contributed by atoms with van der Waals surface area (Å²) < 4.78 is 0. The molecule has 0 spiro atoms. The molecule has 1 rings (SSSR count). The van der Waals surface area contributed by atoms with Gasteiger partial charge in [0.1, 0.15) is 0 Å². The topological polar surface area (TPSA) is 55.1 Å². The number of rotatable bonds is 8. The van der Waals surface area contributed by atoms with Crippen LogP contribution in [0.3, 0.4) is 0 Å². The van der Waals surface area contributed by atoms with Gasteiger partial charge in [0.25, 0.3) is 0 Å². The predicted molar refractivity (Wildman–Crippen MR) is 88.1 cm³/mol. The number of nitrogens with two attached hydrogens (primary N) is 1. The van der Waals surface area contributed by atoms with Crippen LogP contribution in [0.4, 0.5) is 5.69 Å². The Kier molecular flexibility index (Phi) is 7.52. The van der Waals surface area contributed by atoms with Crippen LogP contribution < -0.4 is 11.1 Å². The van der Waals surface area contributed by atoms with Crippen molar-refractivity contribution in [2.45, 2.75) is 57.4 Å². The second kappa shape index (κ2) is 8.90. The van der Waals surface area contributed by atoms with Crippen LogP contribution in [0.15, 0.2) is 23.1 Å². The molecule has 20 heavy (non-hydrogen) atoms. The van der Waals surface area contributed by atoms with E-state index in [0.717, 1.165) is 22.6 Å². The Balaban J connectivity index is 2.34. The van der Waals surface area contributed by atoms with E-state index in [1.807, 2.05) is 25.1 Å². The van der Waals surface area contributed by atoms with Crippen LogP contribution in [-0.2, 0) is 4.79 Å². The van der Waals surface area contributed by atoms with E-state index < -0.39 is 0 Å². The van der Waals surface area contributed by atoms with Crippen LogP contribution >= 0.6 is 11.8 Å². The molecular weight excluding hydrogens is 268 g/mol. The van der Waals surface area contributed by atoms with Gasteiger partial charge < -0.3 is 11.1 Å². The van der Waals surface area contributed by atoms with Crippen molar-refractivity contribution in [3.05, 3.63) is 23.8 Å². The molecule has 1 aromatic carbocycles. The van der Waals surface area contributed by atoms with Crippen LogP contribution in [-0.4, -0.2) is 17.7 Å². The molecular formula is C16H26N2OS. The Labute approximate surface area is 126 Å². The molecule has 0 aromatic heterocycles. The summed E-state index contributed by atoms with van der Waals surface area (Å²) in [6.07, 6.45) is 4.67. The number of carbonyl (C=O) groups excluding carboxylic acids is 1. The minimum absolute atomic E-state index is 0.0832. The zero-order valence-electron chi connectivity index (χ0n) is 12.7. The van der Waals surface area contributed by atoms with Gasteiger partial charge in [-0.1, -0.05) is 38.3 Å². The zero-order valence-corrected chi connectivity index (χ0v) is 13.6. The number of hydrogen-bond acceptors (Lipinski definition) is 3. The summed E-state index contributed by atoms with van der Waals surface area (Å²) in [4.78, 5) is 12.9. The highest BCUT2D eigenvalue weighted by Gasteiger charge is 2.09. The third-order valence-corrected chi connectivity index (χ3v) is 4.36. The fourth-order valence-corrected chi connectivity index (χ4v) is 2.87. The SMILES string of the molecule is CCCCCC(C)NC(=O)CSc1cccc(C)c1N. The summed E-state index contributed by atoms with van der Waals surface area (Å²) in [5.74, 6) is 0.506. The number of para-hydroxylation sites is 1. The first-order valence-electron chi connectivity index (χ1n) is 7.31. The Hall–Kier alpha value is -1.16. The number of nitrogens with one attached hydrogen (secondary N) is 1. The van der Waals surface area contributed by atoms with Gasteiger partial charge in [0, 0.05) is 16.6 Å². The quantitative estimate of drug-likeness (QED) is 0.436. The Morgan fingerprint density at radius 3 is 2.85 bits per heavy atom. The molecule has 0 heterocycles. The number of aryl methyl sites for hydroxylation is 1. The summed E-state index contributed by atoms with van der Waals surface area (Å²) in [6.45, 7) is 6.24. The van der Waals surface area contributed by atoms with E-state index in [1.54, 1.807) is 0 Å². The van der Waals surface area contributed by atoms with E-state index in [4.69, 9.17) is 5.73 Å². The fraction of sp³-hybridized carbons (Fsp3) is 0.562. The van der Waals surface area contributed by atoms with Crippen molar-refractivity contribution in [2.24, 2.45) is 0 Å². The average Bonchev–Trinajstić information content (AvgIpc) is 2.41. The minimum atomic E-state index is 0.0832. The van der Waals surface area contributed by atoms with Gasteiger partial charge in [-0.05, 0) is 31.9 Å². The number of thioether (sulfide) groups is 1. The lowest BCUT2D eigenvalue weighted by Gasteiger charge is -2.14. The molecule has 0 fully saturated rings. The molecule has 112 valence electrons. The van der Waals surface area contributed by atoms with Crippen molar-refractivity contribution in [2.75, 3.05) is 11.5 Å². The monoisotopic (exact) mass is 294 g/mol. The molecule has 0 saturated carbocycles. The first-order valence-corrected chi connectivity index (χ1v) is 8.30. The number of anilines is 1. The van der Waals surface area contributed by atoms with Crippen molar-refractivity contribution in [1.29, 1.82) is 0 Å². The van der Waals surface area contributed by atoms with E-state index in [0.29, 0.717) is 5.75 Å². The zero-order chi connectivity index (χ0) is 15.0. The number of unbranched alkanes of at least 4 members (excludes halogenated alkanes) is 2. The molecule has 4 heteroatoms. The predicted octanol–water partition coefficient (Wildman–Crippen LogP) is 3.75. The van der Waals surface area contributed by atoms with Crippen LogP contribution in [0.5, 0.6) is 0 Å². The van der Waals surface area contributed by atoms with E-state index >= 15 is 0 Å². The van der Waals surface area contributed by atoms with E-state index in [-0.39, 0.29) is 11.9 Å². The number of carbonyl (C=O) groups is 1. The number of hydrogen-bond donors (Lipinski definition) is 2. The van der Waals surface area contributed by atoms with Crippen molar-refractivity contribution in [1.82, 2.24) is 5.32 Å². The molecule has 3 nitrogen and oxygen atoms in total. The van der Waals surface area contributed by atoms with E-state index in [9.17, 15) is 4.79 Å². The van der Waals surface area contributed by atoms with Gasteiger partial charge in [-0.3, -0.25) is 4.79 Å². The largest absolute Gasteiger partial charge is 0.398 e. The van der Waals surface area contributed by atoms with Crippen LogP contribution in [0.1, 0.15) is 45.1 Å². The maximum absolute atomic E-state index is 11.9. The molecule has 1 atom stereocenters. The molecule has 0 aliphatic rings. The Bertz CT molecular complexity index is 434. The van der Waals surface area contributed by atoms with Gasteiger partial charge in [0.05, 0.1) is 5.75 Å². The van der Waals surface area contributed by atoms with E-state index in [2.05, 4.69) is 19.2 Å². The van der Waals surface area contributed by atoms with Crippen molar-refractivity contribution >= 4 is 23.4 Å². The molecule has 0 saturated heterocycles.